The maximum Gasteiger partial charge on any atom is 0.303 e. The van der Waals surface area contributed by atoms with E-state index in [2.05, 4.69) is 6.07 Å². The van der Waals surface area contributed by atoms with E-state index in [4.69, 9.17) is 10.4 Å². The van der Waals surface area contributed by atoms with Gasteiger partial charge in [0.25, 0.3) is 0 Å². The SMILES string of the molecule is CC(C#N)(CCC(=O)O)SSSSc1ccccc1. The van der Waals surface area contributed by atoms with Gasteiger partial charge in [0, 0.05) is 11.3 Å². The molecule has 0 saturated carbocycles. The zero-order valence-corrected chi connectivity index (χ0v) is 13.5. The molecular formula is C12H13NO2S4. The number of aliphatic carboxylic acids is 1. The van der Waals surface area contributed by atoms with Gasteiger partial charge in [-0.05, 0) is 55.9 Å². The Hall–Kier alpha value is -0.420. The van der Waals surface area contributed by atoms with Crippen molar-refractivity contribution in [2.24, 2.45) is 0 Å². The lowest BCUT2D eigenvalue weighted by atomic mass is 10.1. The highest BCUT2D eigenvalue weighted by molar-refractivity contribution is 9.26. The molecule has 1 aromatic carbocycles. The molecular weight excluding hydrogens is 318 g/mol. The summed E-state index contributed by atoms with van der Waals surface area (Å²) in [5.74, 6) is -0.863. The lowest BCUT2D eigenvalue weighted by Gasteiger charge is -2.18. The molecule has 0 aromatic heterocycles. The first-order valence-electron chi connectivity index (χ1n) is 5.43. The number of benzene rings is 1. The fourth-order valence-corrected chi connectivity index (χ4v) is 7.46. The van der Waals surface area contributed by atoms with Crippen LogP contribution in [0, 0.1) is 11.3 Å². The van der Waals surface area contributed by atoms with Gasteiger partial charge in [0.05, 0.1) is 6.07 Å². The number of nitrogens with zero attached hydrogens (tertiary/aromatic N) is 1. The summed E-state index contributed by atoms with van der Waals surface area (Å²) in [6.07, 6.45) is 0.376. The van der Waals surface area contributed by atoms with E-state index in [0.29, 0.717) is 6.42 Å². The third kappa shape index (κ3) is 7.06. The molecule has 1 N–H and O–H groups in total. The summed E-state index contributed by atoms with van der Waals surface area (Å²) in [6, 6.07) is 12.2. The zero-order valence-electron chi connectivity index (χ0n) is 10.2. The van der Waals surface area contributed by atoms with Crippen LogP contribution in [-0.2, 0) is 4.79 Å². The summed E-state index contributed by atoms with van der Waals surface area (Å²) in [7, 11) is 6.14. The van der Waals surface area contributed by atoms with Crippen LogP contribution in [0.1, 0.15) is 19.8 Å². The van der Waals surface area contributed by atoms with Gasteiger partial charge < -0.3 is 5.11 Å². The highest BCUT2D eigenvalue weighted by Gasteiger charge is 2.26. The van der Waals surface area contributed by atoms with E-state index < -0.39 is 10.7 Å². The summed E-state index contributed by atoms with van der Waals surface area (Å²) in [4.78, 5) is 11.7. The van der Waals surface area contributed by atoms with Crippen LogP contribution in [0.5, 0.6) is 0 Å². The largest absolute Gasteiger partial charge is 0.481 e. The van der Waals surface area contributed by atoms with Gasteiger partial charge in [-0.2, -0.15) is 5.26 Å². The number of carboxylic acids is 1. The van der Waals surface area contributed by atoms with Crippen LogP contribution in [-0.4, -0.2) is 15.8 Å². The van der Waals surface area contributed by atoms with Crippen LogP contribution in [0.4, 0.5) is 0 Å². The molecule has 0 spiro atoms. The Morgan fingerprint density at radius 2 is 2.05 bits per heavy atom. The lowest BCUT2D eigenvalue weighted by Crippen LogP contribution is -2.17. The molecule has 0 aliphatic rings. The molecule has 0 aliphatic carbocycles. The van der Waals surface area contributed by atoms with E-state index in [1.54, 1.807) is 27.5 Å². The second-order valence-electron chi connectivity index (χ2n) is 3.85. The molecule has 1 aromatic rings. The smallest absolute Gasteiger partial charge is 0.303 e. The molecule has 0 bridgehead atoms. The van der Waals surface area contributed by atoms with Gasteiger partial charge in [-0.15, -0.1) is 0 Å². The average molecular weight is 332 g/mol. The first-order valence-corrected chi connectivity index (χ1v) is 10.2. The van der Waals surface area contributed by atoms with Crippen molar-refractivity contribution in [3.63, 3.8) is 0 Å². The van der Waals surface area contributed by atoms with Crippen LogP contribution in [0.25, 0.3) is 0 Å². The van der Waals surface area contributed by atoms with Gasteiger partial charge in [-0.3, -0.25) is 4.79 Å². The Bertz CT molecular complexity index is 449. The van der Waals surface area contributed by atoms with Crippen molar-refractivity contribution >= 4 is 47.2 Å². The van der Waals surface area contributed by atoms with Crippen molar-refractivity contribution in [3.05, 3.63) is 30.3 Å². The number of hydrogen-bond acceptors (Lipinski definition) is 6. The molecule has 0 aliphatic heterocycles. The normalized spacial score (nSPS) is 13.5. The second kappa shape index (κ2) is 8.69. The monoisotopic (exact) mass is 331 g/mol. The number of carbonyl (C=O) groups is 1. The first-order chi connectivity index (χ1) is 9.06. The van der Waals surface area contributed by atoms with Gasteiger partial charge in [-0.1, -0.05) is 29.0 Å². The van der Waals surface area contributed by atoms with Crippen LogP contribution in [0.2, 0.25) is 0 Å². The van der Waals surface area contributed by atoms with Crippen LogP contribution >= 0.6 is 41.2 Å². The fourth-order valence-electron chi connectivity index (χ4n) is 1.08. The molecule has 1 unspecified atom stereocenters. The second-order valence-corrected chi connectivity index (χ2v) is 10.1. The van der Waals surface area contributed by atoms with Crippen LogP contribution < -0.4 is 0 Å². The third-order valence-electron chi connectivity index (χ3n) is 2.17. The number of nitriles is 1. The Morgan fingerprint density at radius 3 is 2.63 bits per heavy atom. The molecule has 7 heteroatoms. The van der Waals surface area contributed by atoms with Gasteiger partial charge in [-0.25, -0.2) is 0 Å². The summed E-state index contributed by atoms with van der Waals surface area (Å²) in [6.45, 7) is 1.78. The summed E-state index contributed by atoms with van der Waals surface area (Å²) < 4.78 is -0.659. The molecule has 0 saturated heterocycles. The molecule has 0 fully saturated rings. The molecule has 1 atom stereocenters. The standard InChI is InChI=1S/C12H13NO2S4/c1-12(9-13,8-7-11(14)15)17-19-18-16-10-5-3-2-4-6-10/h2-6H,7-8H2,1H3,(H,14,15). The van der Waals surface area contributed by atoms with Gasteiger partial charge in [0.1, 0.15) is 4.75 Å². The Morgan fingerprint density at radius 1 is 1.37 bits per heavy atom. The average Bonchev–Trinajstić information content (AvgIpc) is 2.43. The minimum atomic E-state index is -0.863. The van der Waals surface area contributed by atoms with Crippen molar-refractivity contribution in [1.29, 1.82) is 5.26 Å². The first kappa shape index (κ1) is 16.6. The molecule has 3 nitrogen and oxygen atoms in total. The lowest BCUT2D eigenvalue weighted by molar-refractivity contribution is -0.137. The molecule has 1 rings (SSSR count). The topological polar surface area (TPSA) is 61.1 Å². The molecule has 102 valence electrons. The molecule has 19 heavy (non-hydrogen) atoms. The van der Waals surface area contributed by atoms with Crippen LogP contribution in [0.3, 0.4) is 0 Å². The van der Waals surface area contributed by atoms with E-state index in [-0.39, 0.29) is 6.42 Å². The predicted octanol–water partition coefficient (Wildman–Crippen LogP) is 4.87. The quantitative estimate of drug-likeness (QED) is 0.538. The van der Waals surface area contributed by atoms with Crippen molar-refractivity contribution < 1.29 is 9.90 Å². The zero-order chi connectivity index (χ0) is 14.1. The number of hydrogen-bond donors (Lipinski definition) is 1. The molecule has 0 heterocycles. The number of carboxylic acid groups (broad SMARTS) is 1. The van der Waals surface area contributed by atoms with Gasteiger partial charge >= 0.3 is 5.97 Å². The van der Waals surface area contributed by atoms with Crippen molar-refractivity contribution in [2.45, 2.75) is 29.4 Å². The van der Waals surface area contributed by atoms with Crippen LogP contribution in [0.15, 0.2) is 35.2 Å². The van der Waals surface area contributed by atoms with E-state index in [1.165, 1.54) is 20.6 Å². The Balaban J connectivity index is 2.30. The van der Waals surface area contributed by atoms with E-state index >= 15 is 0 Å². The van der Waals surface area contributed by atoms with E-state index in [0.717, 1.165) is 4.90 Å². The summed E-state index contributed by atoms with van der Waals surface area (Å²) in [5, 5.41) is 17.8. The van der Waals surface area contributed by atoms with E-state index in [9.17, 15) is 4.79 Å². The predicted molar refractivity (Wildman–Crippen MR) is 86.0 cm³/mol. The molecule has 0 amide bonds. The third-order valence-corrected chi connectivity index (χ3v) is 8.97. The Labute approximate surface area is 128 Å². The van der Waals surface area contributed by atoms with Crippen molar-refractivity contribution in [2.75, 3.05) is 0 Å². The van der Waals surface area contributed by atoms with Crippen molar-refractivity contribution in [3.8, 4) is 6.07 Å². The van der Waals surface area contributed by atoms with Crippen molar-refractivity contribution in [1.82, 2.24) is 0 Å². The molecule has 0 radical (unpaired) electrons. The van der Waals surface area contributed by atoms with E-state index in [1.807, 2.05) is 30.3 Å². The highest BCUT2D eigenvalue weighted by atomic mass is 33.7. The minimum absolute atomic E-state index is 0.0219. The summed E-state index contributed by atoms with van der Waals surface area (Å²) >= 11 is 0. The highest BCUT2D eigenvalue weighted by Crippen LogP contribution is 2.51. The number of rotatable bonds is 8. The minimum Gasteiger partial charge on any atom is -0.481 e. The fraction of sp³-hybridized carbons (Fsp3) is 0.333. The van der Waals surface area contributed by atoms with Gasteiger partial charge in [0.2, 0.25) is 0 Å². The van der Waals surface area contributed by atoms with Gasteiger partial charge in [0.15, 0.2) is 0 Å². The summed E-state index contributed by atoms with van der Waals surface area (Å²) in [5.41, 5.74) is 0. The Kier molecular flexibility index (Phi) is 7.61. The maximum atomic E-state index is 10.5. The maximum absolute atomic E-state index is 10.5.